The molecular formula is C21H19ClN2O3. The third kappa shape index (κ3) is 4.26. The van der Waals surface area contributed by atoms with Gasteiger partial charge in [-0.3, -0.25) is 18.7 Å². The summed E-state index contributed by atoms with van der Waals surface area (Å²) in [5.41, 5.74) is 2.62. The van der Waals surface area contributed by atoms with E-state index < -0.39 is 16.5 Å². The van der Waals surface area contributed by atoms with Crippen LogP contribution in [0.4, 0.5) is 0 Å². The first-order valence-electron chi connectivity index (χ1n) is 8.51. The number of hydrogen-bond donors (Lipinski definition) is 0. The number of halogens is 1. The van der Waals surface area contributed by atoms with Crippen LogP contribution in [0, 0.1) is 13.8 Å². The van der Waals surface area contributed by atoms with E-state index >= 15 is 0 Å². The number of carbonyl (C=O) groups is 1. The van der Waals surface area contributed by atoms with Crippen molar-refractivity contribution in [1.29, 1.82) is 0 Å². The van der Waals surface area contributed by atoms with Crippen molar-refractivity contribution in [2.24, 2.45) is 0 Å². The van der Waals surface area contributed by atoms with Gasteiger partial charge >= 0.3 is 5.69 Å². The van der Waals surface area contributed by atoms with Crippen LogP contribution < -0.4 is 11.2 Å². The molecule has 3 rings (SSSR count). The fourth-order valence-corrected chi connectivity index (χ4v) is 2.99. The van der Waals surface area contributed by atoms with Gasteiger partial charge in [0.25, 0.3) is 10.8 Å². The molecule has 0 radical (unpaired) electrons. The molecular weight excluding hydrogens is 364 g/mol. The smallest absolute Gasteiger partial charge is 0.285 e. The molecule has 0 saturated heterocycles. The summed E-state index contributed by atoms with van der Waals surface area (Å²) in [7, 11) is 0. The summed E-state index contributed by atoms with van der Waals surface area (Å²) in [6.07, 6.45) is 0. The Kier molecular flexibility index (Phi) is 5.42. The van der Waals surface area contributed by atoms with Crippen molar-refractivity contribution < 1.29 is 4.79 Å². The molecule has 5 nitrogen and oxygen atoms in total. The quantitative estimate of drug-likeness (QED) is 0.637. The van der Waals surface area contributed by atoms with E-state index in [1.54, 1.807) is 0 Å². The van der Waals surface area contributed by atoms with Crippen LogP contribution in [-0.4, -0.2) is 14.4 Å². The Morgan fingerprint density at radius 2 is 1.26 bits per heavy atom. The van der Waals surface area contributed by atoms with Crippen molar-refractivity contribution in [2.75, 3.05) is 0 Å². The molecule has 6 heteroatoms. The average molecular weight is 383 g/mol. The van der Waals surface area contributed by atoms with Crippen LogP contribution >= 0.6 is 11.6 Å². The number of aromatic nitrogens is 2. The van der Waals surface area contributed by atoms with E-state index in [2.05, 4.69) is 0 Å². The van der Waals surface area contributed by atoms with Gasteiger partial charge in [0.1, 0.15) is 5.69 Å². The largest absolute Gasteiger partial charge is 0.332 e. The Morgan fingerprint density at radius 3 is 1.70 bits per heavy atom. The second-order valence-corrected chi connectivity index (χ2v) is 6.91. The SMILES string of the molecule is Cc1ccc(Cn2c(C(=O)Cl)cc(=O)n(Cc3ccc(C)cc3)c2=O)cc1. The van der Waals surface area contributed by atoms with Gasteiger partial charge < -0.3 is 0 Å². The molecule has 27 heavy (non-hydrogen) atoms. The van der Waals surface area contributed by atoms with Gasteiger partial charge in [0.2, 0.25) is 0 Å². The standard InChI is InChI=1S/C21H19ClN2O3/c1-14-3-7-16(8-4-14)12-23-18(20(22)26)11-19(25)24(21(23)27)13-17-9-5-15(2)6-10-17/h3-11H,12-13H2,1-2H3. The Labute approximate surface area is 161 Å². The van der Waals surface area contributed by atoms with Crippen molar-refractivity contribution in [2.45, 2.75) is 26.9 Å². The second kappa shape index (κ2) is 7.76. The van der Waals surface area contributed by atoms with E-state index in [9.17, 15) is 14.4 Å². The molecule has 0 aliphatic heterocycles. The molecule has 0 unspecified atom stereocenters. The fourth-order valence-electron chi connectivity index (χ4n) is 2.83. The minimum absolute atomic E-state index is 0.104. The molecule has 1 heterocycles. The topological polar surface area (TPSA) is 61.1 Å². The first kappa shape index (κ1) is 18.9. The molecule has 2 aromatic carbocycles. The molecule has 0 aliphatic rings. The summed E-state index contributed by atoms with van der Waals surface area (Å²) in [6, 6.07) is 16.3. The Balaban J connectivity index is 2.08. The van der Waals surface area contributed by atoms with E-state index in [1.165, 1.54) is 4.57 Å². The van der Waals surface area contributed by atoms with Crippen LogP contribution in [0.2, 0.25) is 0 Å². The number of hydrogen-bond acceptors (Lipinski definition) is 3. The summed E-state index contributed by atoms with van der Waals surface area (Å²) in [5, 5.41) is -0.834. The summed E-state index contributed by atoms with van der Waals surface area (Å²) < 4.78 is 2.36. The van der Waals surface area contributed by atoms with E-state index in [0.717, 1.165) is 32.9 Å². The van der Waals surface area contributed by atoms with Gasteiger partial charge in [0.05, 0.1) is 13.1 Å². The first-order chi connectivity index (χ1) is 12.8. The zero-order valence-electron chi connectivity index (χ0n) is 15.1. The lowest BCUT2D eigenvalue weighted by atomic mass is 10.1. The first-order valence-corrected chi connectivity index (χ1v) is 8.88. The van der Waals surface area contributed by atoms with Crippen molar-refractivity contribution >= 4 is 16.8 Å². The van der Waals surface area contributed by atoms with Gasteiger partial charge in [-0.1, -0.05) is 59.7 Å². The highest BCUT2D eigenvalue weighted by Gasteiger charge is 2.16. The summed E-state index contributed by atoms with van der Waals surface area (Å²) in [4.78, 5) is 37.2. The van der Waals surface area contributed by atoms with Gasteiger partial charge in [-0.2, -0.15) is 0 Å². The fraction of sp³-hybridized carbons (Fsp3) is 0.190. The maximum atomic E-state index is 13.0. The number of nitrogens with zero attached hydrogens (tertiary/aromatic N) is 2. The van der Waals surface area contributed by atoms with E-state index in [-0.39, 0.29) is 18.8 Å². The molecule has 0 N–H and O–H groups in total. The molecule has 0 spiro atoms. The van der Waals surface area contributed by atoms with Crippen molar-refractivity contribution in [1.82, 2.24) is 9.13 Å². The maximum Gasteiger partial charge on any atom is 0.332 e. The van der Waals surface area contributed by atoms with Crippen LogP contribution in [0.5, 0.6) is 0 Å². The van der Waals surface area contributed by atoms with Crippen LogP contribution in [0.1, 0.15) is 32.7 Å². The minimum atomic E-state index is -0.834. The van der Waals surface area contributed by atoms with Gasteiger partial charge in [-0.05, 0) is 36.6 Å². The third-order valence-electron chi connectivity index (χ3n) is 4.40. The number of benzene rings is 2. The lowest BCUT2D eigenvalue weighted by molar-refractivity contribution is 0.107. The molecule has 0 bridgehead atoms. The molecule has 0 saturated carbocycles. The second-order valence-electron chi connectivity index (χ2n) is 6.57. The van der Waals surface area contributed by atoms with Crippen molar-refractivity contribution in [3.05, 3.63) is 103 Å². The molecule has 0 fully saturated rings. The van der Waals surface area contributed by atoms with Gasteiger partial charge in [-0.15, -0.1) is 0 Å². The zero-order chi connectivity index (χ0) is 19.6. The average Bonchev–Trinajstić information content (AvgIpc) is 2.64. The lowest BCUT2D eigenvalue weighted by Gasteiger charge is -2.14. The summed E-state index contributed by atoms with van der Waals surface area (Å²) >= 11 is 5.63. The zero-order valence-corrected chi connectivity index (χ0v) is 15.9. The summed E-state index contributed by atoms with van der Waals surface area (Å²) in [5.74, 6) is 0. The number of carbonyl (C=O) groups excluding carboxylic acids is 1. The summed E-state index contributed by atoms with van der Waals surface area (Å²) in [6.45, 7) is 4.21. The number of rotatable bonds is 5. The predicted molar refractivity (Wildman–Crippen MR) is 106 cm³/mol. The minimum Gasteiger partial charge on any atom is -0.285 e. The Hall–Kier alpha value is -2.92. The van der Waals surface area contributed by atoms with Gasteiger partial charge in [0.15, 0.2) is 0 Å². The molecule has 0 aliphatic carbocycles. The Bertz CT molecular complexity index is 1090. The molecule has 3 aromatic rings. The number of aryl methyl sites for hydroxylation is 2. The van der Waals surface area contributed by atoms with Crippen LogP contribution in [0.15, 0.2) is 64.2 Å². The van der Waals surface area contributed by atoms with E-state index in [1.807, 2.05) is 62.4 Å². The Morgan fingerprint density at radius 1 is 0.815 bits per heavy atom. The molecule has 138 valence electrons. The third-order valence-corrected chi connectivity index (χ3v) is 4.60. The highest BCUT2D eigenvalue weighted by atomic mass is 35.5. The van der Waals surface area contributed by atoms with Crippen molar-refractivity contribution in [3.63, 3.8) is 0 Å². The van der Waals surface area contributed by atoms with E-state index in [0.29, 0.717) is 0 Å². The normalized spacial score (nSPS) is 10.8. The van der Waals surface area contributed by atoms with Crippen LogP contribution in [0.3, 0.4) is 0 Å². The maximum absolute atomic E-state index is 13.0. The molecule has 0 atom stereocenters. The van der Waals surface area contributed by atoms with Crippen LogP contribution in [0.25, 0.3) is 0 Å². The molecule has 1 aromatic heterocycles. The molecule has 0 amide bonds. The monoisotopic (exact) mass is 382 g/mol. The van der Waals surface area contributed by atoms with Crippen LogP contribution in [-0.2, 0) is 13.1 Å². The highest BCUT2D eigenvalue weighted by Crippen LogP contribution is 2.08. The predicted octanol–water partition coefficient (Wildman–Crippen LogP) is 3.10. The lowest BCUT2D eigenvalue weighted by Crippen LogP contribution is -2.42. The van der Waals surface area contributed by atoms with Gasteiger partial charge in [-0.25, -0.2) is 4.79 Å². The van der Waals surface area contributed by atoms with Gasteiger partial charge in [0, 0.05) is 6.07 Å². The highest BCUT2D eigenvalue weighted by molar-refractivity contribution is 6.67. The van der Waals surface area contributed by atoms with E-state index in [4.69, 9.17) is 11.6 Å². The van der Waals surface area contributed by atoms with Crippen molar-refractivity contribution in [3.8, 4) is 0 Å².